The highest BCUT2D eigenvalue weighted by atomic mass is 16.4. The van der Waals surface area contributed by atoms with Gasteiger partial charge in [-0.1, -0.05) is 11.6 Å². The predicted molar refractivity (Wildman–Crippen MR) is 66.4 cm³/mol. The van der Waals surface area contributed by atoms with E-state index in [0.29, 0.717) is 23.7 Å². The van der Waals surface area contributed by atoms with Crippen molar-refractivity contribution >= 4 is 11.7 Å². The predicted octanol–water partition coefficient (Wildman–Crippen LogP) is 0.706. The number of nitrogens with two attached hydrogens (primary N) is 1. The van der Waals surface area contributed by atoms with Gasteiger partial charge >= 0.3 is 0 Å². The molecule has 0 atom stereocenters. The normalized spacial score (nSPS) is 16.1. The molecule has 0 saturated heterocycles. The van der Waals surface area contributed by atoms with Gasteiger partial charge in [0.05, 0.1) is 0 Å². The molecular formula is C12H16N4O2. The number of nitrogens with one attached hydrogen (secondary N) is 1. The summed E-state index contributed by atoms with van der Waals surface area (Å²) in [5.74, 6) is 0.405. The zero-order chi connectivity index (χ0) is 13.0. The minimum absolute atomic E-state index is 0.0241. The molecule has 1 aliphatic rings. The molecule has 18 heavy (non-hydrogen) atoms. The Balaban J connectivity index is 1.93. The number of hydrogen-bond acceptors (Lipinski definition) is 4. The second-order valence-corrected chi connectivity index (χ2v) is 4.42. The SMILES string of the molecule is NC(=NO)c1ccc(C(=O)NCC2CCC2)nc1. The lowest BCUT2D eigenvalue weighted by Crippen LogP contribution is -2.32. The molecule has 0 spiro atoms. The summed E-state index contributed by atoms with van der Waals surface area (Å²) in [4.78, 5) is 15.7. The lowest BCUT2D eigenvalue weighted by molar-refractivity contribution is 0.0934. The van der Waals surface area contributed by atoms with Gasteiger partial charge in [0.2, 0.25) is 0 Å². The molecule has 4 N–H and O–H groups in total. The van der Waals surface area contributed by atoms with Gasteiger partial charge in [0.15, 0.2) is 5.84 Å². The molecule has 0 radical (unpaired) electrons. The first-order valence-corrected chi connectivity index (χ1v) is 5.93. The summed E-state index contributed by atoms with van der Waals surface area (Å²) in [6.45, 7) is 0.711. The molecule has 1 fully saturated rings. The van der Waals surface area contributed by atoms with Crippen molar-refractivity contribution in [1.82, 2.24) is 10.3 Å². The van der Waals surface area contributed by atoms with Gasteiger partial charge in [0.25, 0.3) is 5.91 Å². The third-order valence-electron chi connectivity index (χ3n) is 3.18. The largest absolute Gasteiger partial charge is 0.409 e. The van der Waals surface area contributed by atoms with Gasteiger partial charge in [0, 0.05) is 18.3 Å². The molecular weight excluding hydrogens is 232 g/mol. The molecule has 1 saturated carbocycles. The maximum absolute atomic E-state index is 11.8. The topological polar surface area (TPSA) is 101 Å². The highest BCUT2D eigenvalue weighted by molar-refractivity contribution is 5.98. The number of carbonyl (C=O) groups excluding carboxylic acids is 1. The van der Waals surface area contributed by atoms with Crippen LogP contribution >= 0.6 is 0 Å². The van der Waals surface area contributed by atoms with Gasteiger partial charge in [0.1, 0.15) is 5.69 Å². The van der Waals surface area contributed by atoms with Crippen molar-refractivity contribution in [2.24, 2.45) is 16.8 Å². The monoisotopic (exact) mass is 248 g/mol. The van der Waals surface area contributed by atoms with Crippen LogP contribution < -0.4 is 11.1 Å². The van der Waals surface area contributed by atoms with E-state index in [-0.39, 0.29) is 11.7 Å². The van der Waals surface area contributed by atoms with Gasteiger partial charge in [-0.05, 0) is 30.9 Å². The lowest BCUT2D eigenvalue weighted by atomic mass is 9.85. The minimum atomic E-state index is -0.187. The number of nitrogens with zero attached hydrogens (tertiary/aromatic N) is 2. The van der Waals surface area contributed by atoms with Gasteiger partial charge < -0.3 is 16.3 Å². The number of amidine groups is 1. The maximum Gasteiger partial charge on any atom is 0.269 e. The van der Waals surface area contributed by atoms with Crippen molar-refractivity contribution in [2.75, 3.05) is 6.54 Å². The van der Waals surface area contributed by atoms with Crippen LogP contribution in [-0.4, -0.2) is 28.5 Å². The van der Waals surface area contributed by atoms with Crippen molar-refractivity contribution in [3.8, 4) is 0 Å². The number of rotatable bonds is 4. The summed E-state index contributed by atoms with van der Waals surface area (Å²) in [5.41, 5.74) is 6.22. The summed E-state index contributed by atoms with van der Waals surface area (Å²) in [5, 5.41) is 14.2. The van der Waals surface area contributed by atoms with Crippen LogP contribution in [0, 0.1) is 5.92 Å². The molecule has 6 heteroatoms. The molecule has 0 bridgehead atoms. The van der Waals surface area contributed by atoms with Crippen molar-refractivity contribution in [3.05, 3.63) is 29.6 Å². The number of hydrogen-bond donors (Lipinski definition) is 3. The molecule has 1 amide bonds. The molecule has 0 aliphatic heterocycles. The first-order valence-electron chi connectivity index (χ1n) is 5.93. The fourth-order valence-electron chi connectivity index (χ4n) is 1.76. The van der Waals surface area contributed by atoms with E-state index in [2.05, 4.69) is 15.5 Å². The molecule has 1 heterocycles. The number of carbonyl (C=O) groups is 1. The Kier molecular flexibility index (Phi) is 3.76. The maximum atomic E-state index is 11.8. The molecule has 0 aromatic carbocycles. The Labute approximate surface area is 105 Å². The van der Waals surface area contributed by atoms with E-state index in [0.717, 1.165) is 0 Å². The molecule has 2 rings (SSSR count). The van der Waals surface area contributed by atoms with Gasteiger partial charge in [-0.3, -0.25) is 9.78 Å². The highest BCUT2D eigenvalue weighted by Gasteiger charge is 2.18. The average molecular weight is 248 g/mol. The Morgan fingerprint density at radius 3 is 2.83 bits per heavy atom. The number of pyridine rings is 1. The number of aromatic nitrogens is 1. The first kappa shape index (κ1) is 12.3. The summed E-state index contributed by atoms with van der Waals surface area (Å²) in [6, 6.07) is 3.16. The average Bonchev–Trinajstić information content (AvgIpc) is 2.36. The quantitative estimate of drug-likeness (QED) is 0.316. The number of oxime groups is 1. The fraction of sp³-hybridized carbons (Fsp3) is 0.417. The van der Waals surface area contributed by atoms with Crippen LogP contribution in [0.3, 0.4) is 0 Å². The van der Waals surface area contributed by atoms with E-state index < -0.39 is 0 Å². The van der Waals surface area contributed by atoms with E-state index >= 15 is 0 Å². The minimum Gasteiger partial charge on any atom is -0.409 e. The fourth-order valence-corrected chi connectivity index (χ4v) is 1.76. The first-order chi connectivity index (χ1) is 8.70. The number of amides is 1. The van der Waals surface area contributed by atoms with E-state index in [1.807, 2.05) is 0 Å². The third kappa shape index (κ3) is 2.77. The van der Waals surface area contributed by atoms with Gasteiger partial charge in [-0.25, -0.2) is 0 Å². The molecule has 1 aromatic heterocycles. The van der Waals surface area contributed by atoms with E-state index in [4.69, 9.17) is 10.9 Å². The smallest absolute Gasteiger partial charge is 0.269 e. The van der Waals surface area contributed by atoms with Crippen molar-refractivity contribution in [2.45, 2.75) is 19.3 Å². The van der Waals surface area contributed by atoms with Crippen molar-refractivity contribution < 1.29 is 10.0 Å². The summed E-state index contributed by atoms with van der Waals surface area (Å²) in [7, 11) is 0. The Hall–Kier alpha value is -2.11. The third-order valence-corrected chi connectivity index (χ3v) is 3.18. The van der Waals surface area contributed by atoms with E-state index in [1.54, 1.807) is 12.1 Å². The van der Waals surface area contributed by atoms with Crippen LogP contribution in [0.25, 0.3) is 0 Å². The second-order valence-electron chi connectivity index (χ2n) is 4.42. The molecule has 1 aromatic rings. The van der Waals surface area contributed by atoms with Crippen molar-refractivity contribution in [1.29, 1.82) is 0 Å². The van der Waals surface area contributed by atoms with Crippen LogP contribution in [-0.2, 0) is 0 Å². The van der Waals surface area contributed by atoms with Crippen molar-refractivity contribution in [3.63, 3.8) is 0 Å². The molecule has 1 aliphatic carbocycles. The Bertz CT molecular complexity index is 452. The standard InChI is InChI=1S/C12H16N4O2/c13-11(16-18)9-4-5-10(14-7-9)12(17)15-6-8-2-1-3-8/h4-5,7-8,18H,1-3,6H2,(H2,13,16)(H,15,17). The van der Waals surface area contributed by atoms with Crippen LogP contribution in [0.5, 0.6) is 0 Å². The Morgan fingerprint density at radius 1 is 1.56 bits per heavy atom. The lowest BCUT2D eigenvalue weighted by Gasteiger charge is -2.25. The van der Waals surface area contributed by atoms with E-state index in [9.17, 15) is 4.79 Å². The summed E-state index contributed by atoms with van der Waals surface area (Å²) >= 11 is 0. The van der Waals surface area contributed by atoms with Gasteiger partial charge in [-0.2, -0.15) is 0 Å². The van der Waals surface area contributed by atoms with Gasteiger partial charge in [-0.15, -0.1) is 0 Å². The van der Waals surface area contributed by atoms with Crippen LogP contribution in [0.1, 0.15) is 35.3 Å². The Morgan fingerprint density at radius 2 is 2.33 bits per heavy atom. The van der Waals surface area contributed by atoms with E-state index in [1.165, 1.54) is 25.5 Å². The molecule has 0 unspecified atom stereocenters. The van der Waals surface area contributed by atoms with Crippen LogP contribution in [0.15, 0.2) is 23.5 Å². The summed E-state index contributed by atoms with van der Waals surface area (Å²) in [6.07, 6.45) is 5.05. The second kappa shape index (κ2) is 5.48. The zero-order valence-electron chi connectivity index (χ0n) is 9.97. The summed E-state index contributed by atoms with van der Waals surface area (Å²) < 4.78 is 0. The van der Waals surface area contributed by atoms with Crippen LogP contribution in [0.4, 0.5) is 0 Å². The van der Waals surface area contributed by atoms with Crippen LogP contribution in [0.2, 0.25) is 0 Å². The molecule has 96 valence electrons. The highest BCUT2D eigenvalue weighted by Crippen LogP contribution is 2.25. The molecule has 6 nitrogen and oxygen atoms in total. The zero-order valence-corrected chi connectivity index (χ0v) is 9.97.